The van der Waals surface area contributed by atoms with Crippen molar-refractivity contribution in [3.05, 3.63) is 64.4 Å². The van der Waals surface area contributed by atoms with Crippen molar-refractivity contribution in [1.29, 1.82) is 0 Å². The van der Waals surface area contributed by atoms with Gasteiger partial charge in [-0.1, -0.05) is 34.1 Å². The number of rotatable bonds is 4. The summed E-state index contributed by atoms with van der Waals surface area (Å²) in [6.45, 7) is 1.92. The number of pyridine rings is 1. The first-order valence-corrected chi connectivity index (χ1v) is 6.10. The van der Waals surface area contributed by atoms with Gasteiger partial charge in [0.15, 0.2) is 0 Å². The molecule has 0 radical (unpaired) electrons. The average molecular weight is 278 g/mol. The summed E-state index contributed by atoms with van der Waals surface area (Å²) in [5, 5.41) is 2.26. The Morgan fingerprint density at radius 1 is 1.00 bits per heavy atom. The molecular weight excluding hydrogens is 264 g/mol. The van der Waals surface area contributed by atoms with Crippen molar-refractivity contribution in [2.45, 2.75) is 13.1 Å². The van der Waals surface area contributed by atoms with Gasteiger partial charge in [0.05, 0.1) is 5.69 Å². The predicted molar refractivity (Wildman–Crippen MR) is 67.7 cm³/mol. The van der Waals surface area contributed by atoms with E-state index in [0.717, 1.165) is 23.3 Å². The SMILES string of the molecule is Brc1ccc(C[NH2+]Cc2ccccn2)cc1. The summed E-state index contributed by atoms with van der Waals surface area (Å²) in [6, 6.07) is 14.4. The van der Waals surface area contributed by atoms with Crippen molar-refractivity contribution in [3.8, 4) is 0 Å². The molecule has 1 heterocycles. The van der Waals surface area contributed by atoms with E-state index < -0.39 is 0 Å². The van der Waals surface area contributed by atoms with Gasteiger partial charge in [0, 0.05) is 16.2 Å². The van der Waals surface area contributed by atoms with Crippen LogP contribution in [0.5, 0.6) is 0 Å². The van der Waals surface area contributed by atoms with Gasteiger partial charge >= 0.3 is 0 Å². The summed E-state index contributed by atoms with van der Waals surface area (Å²) < 4.78 is 1.13. The van der Waals surface area contributed by atoms with Crippen molar-refractivity contribution >= 4 is 15.9 Å². The summed E-state index contributed by atoms with van der Waals surface area (Å²) in [5.74, 6) is 0. The van der Waals surface area contributed by atoms with Crippen molar-refractivity contribution in [1.82, 2.24) is 4.98 Å². The highest BCUT2D eigenvalue weighted by Crippen LogP contribution is 2.09. The molecule has 1 aromatic heterocycles. The van der Waals surface area contributed by atoms with Crippen molar-refractivity contribution < 1.29 is 5.32 Å². The quantitative estimate of drug-likeness (QED) is 0.912. The van der Waals surface area contributed by atoms with Crippen LogP contribution >= 0.6 is 15.9 Å². The van der Waals surface area contributed by atoms with Crippen LogP contribution in [0.3, 0.4) is 0 Å². The Morgan fingerprint density at radius 2 is 1.81 bits per heavy atom. The van der Waals surface area contributed by atoms with Gasteiger partial charge in [-0.2, -0.15) is 0 Å². The van der Waals surface area contributed by atoms with E-state index in [4.69, 9.17) is 0 Å². The molecule has 3 heteroatoms. The third-order valence-electron chi connectivity index (χ3n) is 2.37. The van der Waals surface area contributed by atoms with Crippen LogP contribution in [0, 0.1) is 0 Å². The zero-order valence-electron chi connectivity index (χ0n) is 8.94. The van der Waals surface area contributed by atoms with Gasteiger partial charge in [-0.3, -0.25) is 4.98 Å². The van der Waals surface area contributed by atoms with E-state index >= 15 is 0 Å². The fraction of sp³-hybridized carbons (Fsp3) is 0.154. The summed E-state index contributed by atoms with van der Waals surface area (Å²) in [4.78, 5) is 4.29. The molecule has 0 atom stereocenters. The Bertz CT molecular complexity index is 425. The first-order valence-electron chi connectivity index (χ1n) is 5.30. The number of hydrogen-bond donors (Lipinski definition) is 1. The lowest BCUT2D eigenvalue weighted by molar-refractivity contribution is -0.686. The number of benzene rings is 1. The maximum absolute atomic E-state index is 4.29. The average Bonchev–Trinajstić information content (AvgIpc) is 2.33. The molecule has 0 saturated carbocycles. The van der Waals surface area contributed by atoms with Crippen LogP contribution in [0.15, 0.2) is 53.1 Å². The van der Waals surface area contributed by atoms with Crippen LogP contribution in [0.4, 0.5) is 0 Å². The third-order valence-corrected chi connectivity index (χ3v) is 2.90. The Morgan fingerprint density at radius 3 is 2.50 bits per heavy atom. The molecule has 0 fully saturated rings. The molecule has 0 aliphatic rings. The molecule has 82 valence electrons. The van der Waals surface area contributed by atoms with E-state index in [-0.39, 0.29) is 0 Å². The first-order chi connectivity index (χ1) is 7.84. The van der Waals surface area contributed by atoms with Crippen LogP contribution in [-0.2, 0) is 13.1 Å². The largest absolute Gasteiger partial charge is 0.337 e. The topological polar surface area (TPSA) is 29.5 Å². The van der Waals surface area contributed by atoms with Crippen molar-refractivity contribution in [3.63, 3.8) is 0 Å². The monoisotopic (exact) mass is 277 g/mol. The highest BCUT2D eigenvalue weighted by Gasteiger charge is 1.97. The summed E-state index contributed by atoms with van der Waals surface area (Å²) in [5.41, 5.74) is 2.46. The molecular formula is C13H14BrN2+. The van der Waals surface area contributed by atoms with Gasteiger partial charge in [-0.15, -0.1) is 0 Å². The number of nitrogens with two attached hydrogens (primary N) is 1. The second kappa shape index (κ2) is 5.77. The molecule has 2 aromatic rings. The number of nitrogens with zero attached hydrogens (tertiary/aromatic N) is 1. The number of quaternary nitrogens is 1. The van der Waals surface area contributed by atoms with Gasteiger partial charge in [-0.25, -0.2) is 0 Å². The molecule has 0 unspecified atom stereocenters. The van der Waals surface area contributed by atoms with Crippen LogP contribution in [0.1, 0.15) is 11.3 Å². The Balaban J connectivity index is 1.82. The minimum Gasteiger partial charge on any atom is -0.337 e. The van der Waals surface area contributed by atoms with Crippen molar-refractivity contribution in [2.24, 2.45) is 0 Å². The number of aromatic nitrogens is 1. The van der Waals surface area contributed by atoms with E-state index in [9.17, 15) is 0 Å². The molecule has 0 aliphatic heterocycles. The molecule has 0 bridgehead atoms. The van der Waals surface area contributed by atoms with E-state index in [2.05, 4.69) is 56.6 Å². The van der Waals surface area contributed by atoms with Crippen LogP contribution in [0.2, 0.25) is 0 Å². The summed E-state index contributed by atoms with van der Waals surface area (Å²) >= 11 is 3.43. The lowest BCUT2D eigenvalue weighted by Crippen LogP contribution is -2.80. The maximum Gasteiger partial charge on any atom is 0.119 e. The van der Waals surface area contributed by atoms with Crippen LogP contribution < -0.4 is 5.32 Å². The molecule has 2 nitrogen and oxygen atoms in total. The van der Waals surface area contributed by atoms with E-state index in [1.165, 1.54) is 5.56 Å². The smallest absolute Gasteiger partial charge is 0.119 e. The molecule has 2 N–H and O–H groups in total. The van der Waals surface area contributed by atoms with Gasteiger partial charge in [-0.05, 0) is 24.3 Å². The maximum atomic E-state index is 4.29. The Kier molecular flexibility index (Phi) is 4.08. The summed E-state index contributed by atoms with van der Waals surface area (Å²) in [6.07, 6.45) is 1.84. The molecule has 1 aromatic carbocycles. The standard InChI is InChI=1S/C13H13BrN2/c14-12-6-4-11(5-7-12)9-15-10-13-3-1-2-8-16-13/h1-8,15H,9-10H2/p+1. The highest BCUT2D eigenvalue weighted by atomic mass is 79.9. The Labute approximate surface area is 104 Å². The molecule has 0 amide bonds. The van der Waals surface area contributed by atoms with Gasteiger partial charge in [0.25, 0.3) is 0 Å². The minimum atomic E-state index is 0.927. The van der Waals surface area contributed by atoms with Gasteiger partial charge in [0.1, 0.15) is 13.1 Å². The molecule has 0 spiro atoms. The molecule has 16 heavy (non-hydrogen) atoms. The Hall–Kier alpha value is -1.19. The first kappa shape index (κ1) is 11.3. The fourth-order valence-corrected chi connectivity index (χ4v) is 1.79. The molecule has 0 saturated heterocycles. The van der Waals surface area contributed by atoms with E-state index in [1.54, 1.807) is 0 Å². The normalized spacial score (nSPS) is 10.3. The molecule has 0 aliphatic carbocycles. The number of hydrogen-bond acceptors (Lipinski definition) is 1. The van der Waals surface area contributed by atoms with E-state index in [0.29, 0.717) is 0 Å². The third kappa shape index (κ3) is 3.43. The van der Waals surface area contributed by atoms with E-state index in [1.807, 2.05) is 18.3 Å². The van der Waals surface area contributed by atoms with Gasteiger partial charge in [0.2, 0.25) is 0 Å². The fourth-order valence-electron chi connectivity index (χ4n) is 1.53. The summed E-state index contributed by atoms with van der Waals surface area (Å²) in [7, 11) is 0. The van der Waals surface area contributed by atoms with Crippen molar-refractivity contribution in [2.75, 3.05) is 0 Å². The predicted octanol–water partition coefficient (Wildman–Crippen LogP) is 2.11. The minimum absolute atomic E-state index is 0.927. The molecule has 2 rings (SSSR count). The second-order valence-corrected chi connectivity index (χ2v) is 4.56. The van der Waals surface area contributed by atoms with Crippen LogP contribution in [0.25, 0.3) is 0 Å². The highest BCUT2D eigenvalue weighted by molar-refractivity contribution is 9.10. The zero-order chi connectivity index (χ0) is 11.2. The number of halogens is 1. The van der Waals surface area contributed by atoms with Gasteiger partial charge < -0.3 is 5.32 Å². The second-order valence-electron chi connectivity index (χ2n) is 3.64. The van der Waals surface area contributed by atoms with Crippen LogP contribution in [-0.4, -0.2) is 4.98 Å². The lowest BCUT2D eigenvalue weighted by Gasteiger charge is -2.01. The zero-order valence-corrected chi connectivity index (χ0v) is 10.5. The lowest BCUT2D eigenvalue weighted by atomic mass is 10.2.